The molecule has 59 valence electrons. The minimum atomic E-state index is 0.984. The highest BCUT2D eigenvalue weighted by Gasteiger charge is 1.92. The lowest BCUT2D eigenvalue weighted by Crippen LogP contribution is -1.82. The van der Waals surface area contributed by atoms with Crippen molar-refractivity contribution in [2.45, 2.75) is 17.7 Å². The van der Waals surface area contributed by atoms with E-state index in [1.54, 1.807) is 11.8 Å². The monoisotopic (exact) mass is 165 g/mol. The Bertz CT molecular complexity index is 218. The predicted molar refractivity (Wildman–Crippen MR) is 51.9 cm³/mol. The van der Waals surface area contributed by atoms with Gasteiger partial charge in [0.2, 0.25) is 0 Å². The van der Waals surface area contributed by atoms with Gasteiger partial charge in [-0.25, -0.2) is 0 Å². The summed E-state index contributed by atoms with van der Waals surface area (Å²) in [6.45, 7) is 3.83. The summed E-state index contributed by atoms with van der Waals surface area (Å²) in [4.78, 5) is 1.34. The largest absolute Gasteiger partial charge is 0.130 e. The summed E-state index contributed by atoms with van der Waals surface area (Å²) in [5, 5.41) is 0. The minimum Gasteiger partial charge on any atom is -0.130 e. The SMILES string of the molecule is [CH2]CCc1cccc(SC)c1. The fourth-order valence-corrected chi connectivity index (χ4v) is 1.52. The lowest BCUT2D eigenvalue weighted by Gasteiger charge is -2.00. The number of benzene rings is 1. The Morgan fingerprint density at radius 3 is 2.91 bits per heavy atom. The van der Waals surface area contributed by atoms with Gasteiger partial charge in [-0.1, -0.05) is 19.1 Å². The van der Waals surface area contributed by atoms with Crippen LogP contribution in [0.1, 0.15) is 12.0 Å². The van der Waals surface area contributed by atoms with Gasteiger partial charge >= 0.3 is 0 Å². The van der Waals surface area contributed by atoms with E-state index in [1.807, 2.05) is 0 Å². The second-order valence-corrected chi connectivity index (χ2v) is 3.33. The molecule has 0 amide bonds. The van der Waals surface area contributed by atoms with E-state index in [-0.39, 0.29) is 0 Å². The van der Waals surface area contributed by atoms with Crippen LogP contribution in [0.4, 0.5) is 0 Å². The highest BCUT2D eigenvalue weighted by Crippen LogP contribution is 2.16. The third-order valence-corrected chi connectivity index (χ3v) is 2.32. The van der Waals surface area contributed by atoms with Crippen LogP contribution in [0.25, 0.3) is 0 Å². The molecule has 1 heteroatoms. The van der Waals surface area contributed by atoms with Gasteiger partial charge in [0.1, 0.15) is 0 Å². The van der Waals surface area contributed by atoms with Gasteiger partial charge in [0.25, 0.3) is 0 Å². The third kappa shape index (κ3) is 2.58. The normalized spacial score (nSPS) is 10.0. The summed E-state index contributed by atoms with van der Waals surface area (Å²) < 4.78 is 0. The first-order chi connectivity index (χ1) is 5.36. The van der Waals surface area contributed by atoms with E-state index >= 15 is 0 Å². The molecule has 0 heterocycles. The average molecular weight is 165 g/mol. The number of rotatable bonds is 3. The van der Waals surface area contributed by atoms with Crippen molar-refractivity contribution in [1.82, 2.24) is 0 Å². The molecule has 0 aliphatic rings. The molecule has 0 saturated carbocycles. The minimum absolute atomic E-state index is 0.984. The van der Waals surface area contributed by atoms with Gasteiger partial charge in [0.05, 0.1) is 0 Å². The van der Waals surface area contributed by atoms with Crippen molar-refractivity contribution < 1.29 is 0 Å². The third-order valence-electron chi connectivity index (χ3n) is 1.60. The molecule has 1 aromatic rings. The molecule has 0 aromatic heterocycles. The van der Waals surface area contributed by atoms with Crippen LogP contribution < -0.4 is 0 Å². The van der Waals surface area contributed by atoms with E-state index in [1.165, 1.54) is 10.5 Å². The van der Waals surface area contributed by atoms with Crippen molar-refractivity contribution in [2.24, 2.45) is 0 Å². The standard InChI is InChI=1S/C10H13S/c1-3-5-9-6-4-7-10(8-9)11-2/h4,6-8H,1,3,5H2,2H3. The first kappa shape index (κ1) is 8.66. The summed E-state index contributed by atoms with van der Waals surface area (Å²) >= 11 is 1.79. The zero-order valence-electron chi connectivity index (χ0n) is 6.84. The van der Waals surface area contributed by atoms with Crippen LogP contribution in [-0.2, 0) is 6.42 Å². The van der Waals surface area contributed by atoms with Gasteiger partial charge in [0, 0.05) is 4.90 Å². The second-order valence-electron chi connectivity index (χ2n) is 2.46. The predicted octanol–water partition coefficient (Wildman–Crippen LogP) is 3.18. The van der Waals surface area contributed by atoms with Crippen LogP contribution in [-0.4, -0.2) is 6.26 Å². The number of hydrogen-bond donors (Lipinski definition) is 0. The Morgan fingerprint density at radius 2 is 2.27 bits per heavy atom. The number of thioether (sulfide) groups is 1. The zero-order chi connectivity index (χ0) is 8.10. The van der Waals surface area contributed by atoms with Gasteiger partial charge in [-0.3, -0.25) is 0 Å². The molecule has 0 aliphatic heterocycles. The zero-order valence-corrected chi connectivity index (χ0v) is 7.66. The highest BCUT2D eigenvalue weighted by molar-refractivity contribution is 7.98. The fraction of sp³-hybridized carbons (Fsp3) is 0.300. The summed E-state index contributed by atoms with van der Waals surface area (Å²) in [7, 11) is 0. The van der Waals surface area contributed by atoms with Crippen LogP contribution >= 0.6 is 11.8 Å². The van der Waals surface area contributed by atoms with Crippen LogP contribution in [0.15, 0.2) is 29.2 Å². The van der Waals surface area contributed by atoms with E-state index < -0.39 is 0 Å². The quantitative estimate of drug-likeness (QED) is 0.620. The van der Waals surface area contributed by atoms with Crippen molar-refractivity contribution in [1.29, 1.82) is 0 Å². The lowest BCUT2D eigenvalue weighted by molar-refractivity contribution is 0.993. The van der Waals surface area contributed by atoms with Gasteiger partial charge in [-0.05, 0) is 36.8 Å². The number of hydrogen-bond acceptors (Lipinski definition) is 1. The molecular weight excluding hydrogens is 152 g/mol. The first-order valence-corrected chi connectivity index (χ1v) is 5.01. The lowest BCUT2D eigenvalue weighted by atomic mass is 10.1. The van der Waals surface area contributed by atoms with Crippen molar-refractivity contribution in [3.05, 3.63) is 36.8 Å². The van der Waals surface area contributed by atoms with E-state index in [0.29, 0.717) is 0 Å². The molecule has 0 aliphatic carbocycles. The molecule has 1 aromatic carbocycles. The Morgan fingerprint density at radius 1 is 1.45 bits per heavy atom. The number of aryl methyl sites for hydroxylation is 1. The molecule has 0 unspecified atom stereocenters. The molecule has 0 atom stereocenters. The van der Waals surface area contributed by atoms with E-state index in [4.69, 9.17) is 0 Å². The Kier molecular flexibility index (Phi) is 3.50. The molecule has 0 fully saturated rings. The summed E-state index contributed by atoms with van der Waals surface area (Å²) in [6.07, 6.45) is 4.18. The van der Waals surface area contributed by atoms with Crippen molar-refractivity contribution >= 4 is 11.8 Å². The topological polar surface area (TPSA) is 0 Å². The van der Waals surface area contributed by atoms with Crippen LogP contribution in [0.3, 0.4) is 0 Å². The first-order valence-electron chi connectivity index (χ1n) is 3.79. The Balaban J connectivity index is 2.74. The highest BCUT2D eigenvalue weighted by atomic mass is 32.2. The van der Waals surface area contributed by atoms with Gasteiger partial charge in [-0.15, -0.1) is 11.8 Å². The summed E-state index contributed by atoms with van der Waals surface area (Å²) in [6, 6.07) is 8.63. The molecule has 0 nitrogen and oxygen atoms in total. The molecule has 0 spiro atoms. The van der Waals surface area contributed by atoms with E-state index in [9.17, 15) is 0 Å². The van der Waals surface area contributed by atoms with Gasteiger partial charge < -0.3 is 0 Å². The maximum Gasteiger partial charge on any atom is 0.00718 e. The van der Waals surface area contributed by atoms with Crippen molar-refractivity contribution in [3.8, 4) is 0 Å². The molecule has 1 rings (SSSR count). The van der Waals surface area contributed by atoms with Crippen LogP contribution in [0, 0.1) is 6.92 Å². The molecule has 0 bridgehead atoms. The molecule has 1 radical (unpaired) electrons. The summed E-state index contributed by atoms with van der Waals surface area (Å²) in [5.41, 5.74) is 1.40. The maximum atomic E-state index is 3.83. The average Bonchev–Trinajstić information content (AvgIpc) is 2.06. The molecule has 0 N–H and O–H groups in total. The molecular formula is C10H13S. The van der Waals surface area contributed by atoms with Gasteiger partial charge in [-0.2, -0.15) is 0 Å². The second kappa shape index (κ2) is 4.45. The maximum absolute atomic E-state index is 3.83. The van der Waals surface area contributed by atoms with E-state index in [2.05, 4.69) is 37.4 Å². The summed E-state index contributed by atoms with van der Waals surface area (Å²) in [5.74, 6) is 0. The molecule has 0 saturated heterocycles. The van der Waals surface area contributed by atoms with Crippen molar-refractivity contribution in [2.75, 3.05) is 6.26 Å². The van der Waals surface area contributed by atoms with E-state index in [0.717, 1.165) is 12.8 Å². The van der Waals surface area contributed by atoms with Crippen molar-refractivity contribution in [3.63, 3.8) is 0 Å². The van der Waals surface area contributed by atoms with Crippen LogP contribution in [0.5, 0.6) is 0 Å². The Hall–Kier alpha value is -0.430. The molecule has 11 heavy (non-hydrogen) atoms. The smallest absolute Gasteiger partial charge is 0.00718 e. The fourth-order valence-electron chi connectivity index (χ4n) is 1.03. The van der Waals surface area contributed by atoms with Gasteiger partial charge in [0.15, 0.2) is 0 Å². The Labute approximate surface area is 73.0 Å². The van der Waals surface area contributed by atoms with Crippen LogP contribution in [0.2, 0.25) is 0 Å².